The average Bonchev–Trinajstić information content (AvgIpc) is 3.11. The number of hydrogen-bond acceptors (Lipinski definition) is 2. The Morgan fingerprint density at radius 1 is 1.00 bits per heavy atom. The quantitative estimate of drug-likeness (QED) is 0.369. The fourth-order valence-electron chi connectivity index (χ4n) is 5.55. The van der Waals surface area contributed by atoms with Gasteiger partial charge >= 0.3 is 5.97 Å². The summed E-state index contributed by atoms with van der Waals surface area (Å²) in [5.41, 5.74) is 5.63. The Kier molecular flexibility index (Phi) is 5.62. The summed E-state index contributed by atoms with van der Waals surface area (Å²) in [6.45, 7) is 2.03. The van der Waals surface area contributed by atoms with Gasteiger partial charge in [0.25, 0.3) is 0 Å². The zero-order chi connectivity index (χ0) is 23.2. The van der Waals surface area contributed by atoms with Crippen molar-refractivity contribution in [3.05, 3.63) is 98.5 Å². The van der Waals surface area contributed by atoms with Crippen molar-refractivity contribution in [1.29, 1.82) is 0 Å². The van der Waals surface area contributed by atoms with Crippen molar-refractivity contribution in [2.24, 2.45) is 0 Å². The fraction of sp³-hybridized carbons (Fsp3) is 0.250. The molecule has 0 saturated heterocycles. The van der Waals surface area contributed by atoms with E-state index in [0.29, 0.717) is 12.8 Å². The lowest BCUT2D eigenvalue weighted by atomic mass is 9.61. The summed E-state index contributed by atoms with van der Waals surface area (Å²) in [7, 11) is 0. The number of aryl methyl sites for hydroxylation is 1. The van der Waals surface area contributed by atoms with Crippen molar-refractivity contribution in [1.82, 2.24) is 0 Å². The first-order chi connectivity index (χ1) is 15.8. The summed E-state index contributed by atoms with van der Waals surface area (Å²) in [6.07, 6.45) is 4.86. The minimum absolute atomic E-state index is 0.200. The molecule has 0 radical (unpaired) electrons. The Morgan fingerprint density at radius 3 is 2.45 bits per heavy atom. The Hall–Kier alpha value is -2.56. The average molecular weight is 523 g/mol. The first-order valence-electron chi connectivity index (χ1n) is 11.2. The Bertz CT molecular complexity index is 1270. The van der Waals surface area contributed by atoms with Gasteiger partial charge in [0.15, 0.2) is 0 Å². The maximum Gasteiger partial charge on any atom is 0.329 e. The highest BCUT2D eigenvalue weighted by Gasteiger charge is 2.51. The van der Waals surface area contributed by atoms with Crippen LogP contribution in [-0.4, -0.2) is 16.6 Å². The molecule has 0 amide bonds. The van der Waals surface area contributed by atoms with E-state index in [1.807, 2.05) is 37.3 Å². The van der Waals surface area contributed by atoms with Crippen LogP contribution in [-0.2, 0) is 10.2 Å². The number of carbonyl (C=O) groups is 1. The fourth-order valence-corrected chi connectivity index (χ4v) is 6.06. The maximum atomic E-state index is 12.5. The molecule has 3 aromatic carbocycles. The van der Waals surface area contributed by atoms with Gasteiger partial charge in [-0.05, 0) is 90.8 Å². The minimum Gasteiger partial charge on any atom is -0.480 e. The molecule has 0 atom stereocenters. The molecule has 0 heterocycles. The number of halogens is 2. The topological polar surface area (TPSA) is 49.3 Å². The molecule has 5 heteroatoms. The molecule has 1 fully saturated rings. The van der Waals surface area contributed by atoms with Crippen molar-refractivity contribution in [2.75, 3.05) is 5.32 Å². The molecule has 168 valence electrons. The Balaban J connectivity index is 1.53. The van der Waals surface area contributed by atoms with Gasteiger partial charge in [-0.15, -0.1) is 0 Å². The van der Waals surface area contributed by atoms with Crippen LogP contribution in [0.2, 0.25) is 5.02 Å². The van der Waals surface area contributed by atoms with Gasteiger partial charge in [0.05, 0.1) is 0 Å². The van der Waals surface area contributed by atoms with E-state index >= 15 is 0 Å². The second-order valence-electron chi connectivity index (χ2n) is 9.21. The van der Waals surface area contributed by atoms with Gasteiger partial charge in [-0.1, -0.05) is 70.0 Å². The number of benzene rings is 3. The lowest BCUT2D eigenvalue weighted by Gasteiger charge is -2.45. The molecule has 1 spiro atoms. The molecule has 0 aliphatic heterocycles. The number of aliphatic carboxylic acids is 1. The molecular weight excluding hydrogens is 498 g/mol. The van der Waals surface area contributed by atoms with Gasteiger partial charge in [0.2, 0.25) is 0 Å². The van der Waals surface area contributed by atoms with E-state index in [1.165, 1.54) is 16.7 Å². The largest absolute Gasteiger partial charge is 0.480 e. The first kappa shape index (κ1) is 22.2. The number of hydrogen-bond donors (Lipinski definition) is 2. The molecule has 0 aromatic heterocycles. The van der Waals surface area contributed by atoms with Crippen LogP contribution >= 0.6 is 27.5 Å². The van der Waals surface area contributed by atoms with E-state index in [0.717, 1.165) is 39.2 Å². The van der Waals surface area contributed by atoms with Gasteiger partial charge in [-0.3, -0.25) is 0 Å². The SMILES string of the molecule is Cc1cc(C2=Cc3ccccc3C23CCC(Nc2cccc(Br)c2)(C(=O)O)CC3)ccc1Cl. The van der Waals surface area contributed by atoms with E-state index in [1.54, 1.807) is 0 Å². The second kappa shape index (κ2) is 8.34. The first-order valence-corrected chi connectivity index (χ1v) is 12.4. The highest BCUT2D eigenvalue weighted by molar-refractivity contribution is 9.10. The van der Waals surface area contributed by atoms with Crippen LogP contribution in [0.15, 0.2) is 71.2 Å². The minimum atomic E-state index is -0.995. The Labute approximate surface area is 207 Å². The molecule has 2 aliphatic carbocycles. The molecule has 3 aromatic rings. The number of nitrogens with one attached hydrogen (secondary N) is 1. The van der Waals surface area contributed by atoms with Crippen LogP contribution in [0, 0.1) is 6.92 Å². The van der Waals surface area contributed by atoms with Gasteiger partial charge in [-0.2, -0.15) is 0 Å². The van der Waals surface area contributed by atoms with Crippen LogP contribution < -0.4 is 5.32 Å². The number of carboxylic acid groups (broad SMARTS) is 1. The highest BCUT2D eigenvalue weighted by Crippen LogP contribution is 2.56. The predicted octanol–water partition coefficient (Wildman–Crippen LogP) is 7.71. The van der Waals surface area contributed by atoms with Crippen molar-refractivity contribution in [3.63, 3.8) is 0 Å². The summed E-state index contributed by atoms with van der Waals surface area (Å²) >= 11 is 9.81. The third-order valence-corrected chi connectivity index (χ3v) is 8.25. The van der Waals surface area contributed by atoms with Crippen LogP contribution in [0.4, 0.5) is 5.69 Å². The zero-order valence-corrected chi connectivity index (χ0v) is 20.7. The number of anilines is 1. The number of carboxylic acids is 1. The van der Waals surface area contributed by atoms with Crippen LogP contribution in [0.5, 0.6) is 0 Å². The van der Waals surface area contributed by atoms with Crippen LogP contribution in [0.25, 0.3) is 11.6 Å². The highest BCUT2D eigenvalue weighted by atomic mass is 79.9. The van der Waals surface area contributed by atoms with Crippen molar-refractivity contribution >= 4 is 50.8 Å². The van der Waals surface area contributed by atoms with Gasteiger partial charge in [0.1, 0.15) is 5.54 Å². The zero-order valence-electron chi connectivity index (χ0n) is 18.4. The smallest absolute Gasteiger partial charge is 0.329 e. The van der Waals surface area contributed by atoms with E-state index < -0.39 is 11.5 Å². The standard InChI is InChI=1S/C28H25BrClNO2/c1-18-15-20(9-10-25(18)30)24-16-19-5-2-3-8-23(19)27(24)11-13-28(14-12-27,26(32)33)31-22-7-4-6-21(29)17-22/h2-10,15-17,31H,11-14H2,1H3,(H,32,33). The third kappa shape index (κ3) is 3.79. The summed E-state index contributed by atoms with van der Waals surface area (Å²) in [6, 6.07) is 22.4. The molecule has 5 rings (SSSR count). The molecule has 3 nitrogen and oxygen atoms in total. The molecule has 2 N–H and O–H groups in total. The van der Waals surface area contributed by atoms with Gasteiger partial charge in [-0.25, -0.2) is 4.79 Å². The van der Waals surface area contributed by atoms with Gasteiger partial charge < -0.3 is 10.4 Å². The van der Waals surface area contributed by atoms with E-state index in [2.05, 4.69) is 63.7 Å². The molecular formula is C28H25BrClNO2. The normalized spacial score (nSPS) is 23.8. The van der Waals surface area contributed by atoms with Crippen LogP contribution in [0.3, 0.4) is 0 Å². The third-order valence-electron chi connectivity index (χ3n) is 7.34. The number of fused-ring (bicyclic) bond motifs is 2. The van der Waals surface area contributed by atoms with E-state index in [9.17, 15) is 9.90 Å². The lowest BCUT2D eigenvalue weighted by molar-refractivity contribution is -0.143. The maximum absolute atomic E-state index is 12.5. The summed E-state index contributed by atoms with van der Waals surface area (Å²) < 4.78 is 0.924. The summed E-state index contributed by atoms with van der Waals surface area (Å²) in [5, 5.41) is 14.4. The summed E-state index contributed by atoms with van der Waals surface area (Å²) in [4.78, 5) is 12.5. The molecule has 0 unspecified atom stereocenters. The van der Waals surface area contributed by atoms with Crippen LogP contribution in [0.1, 0.15) is 47.9 Å². The molecule has 33 heavy (non-hydrogen) atoms. The molecule has 1 saturated carbocycles. The van der Waals surface area contributed by atoms with Crippen molar-refractivity contribution in [2.45, 2.75) is 43.6 Å². The van der Waals surface area contributed by atoms with E-state index in [-0.39, 0.29) is 5.41 Å². The summed E-state index contributed by atoms with van der Waals surface area (Å²) in [5.74, 6) is -0.795. The van der Waals surface area contributed by atoms with Gasteiger partial charge in [0, 0.05) is 20.6 Å². The van der Waals surface area contributed by atoms with Crippen molar-refractivity contribution < 1.29 is 9.90 Å². The number of rotatable bonds is 4. The predicted molar refractivity (Wildman–Crippen MR) is 139 cm³/mol. The Morgan fingerprint density at radius 2 is 1.76 bits per heavy atom. The molecule has 2 aliphatic rings. The lowest BCUT2D eigenvalue weighted by Crippen LogP contribution is -2.52. The monoisotopic (exact) mass is 521 g/mol. The molecule has 0 bridgehead atoms. The second-order valence-corrected chi connectivity index (χ2v) is 10.5. The number of allylic oxidation sites excluding steroid dienone is 1. The van der Waals surface area contributed by atoms with E-state index in [4.69, 9.17) is 11.6 Å². The van der Waals surface area contributed by atoms with Crippen molar-refractivity contribution in [3.8, 4) is 0 Å².